The van der Waals surface area contributed by atoms with Gasteiger partial charge in [0.25, 0.3) is 0 Å². The number of anilines is 1. The van der Waals surface area contributed by atoms with Gasteiger partial charge in [-0.1, -0.05) is 47.0 Å². The fraction of sp³-hybridized carbons (Fsp3) is 0.250. The number of hydrogen-bond acceptors (Lipinski definition) is 2. The van der Waals surface area contributed by atoms with Crippen LogP contribution in [0.25, 0.3) is 0 Å². The molecule has 0 radical (unpaired) electrons. The molecule has 0 saturated heterocycles. The van der Waals surface area contributed by atoms with Crippen LogP contribution in [0.1, 0.15) is 17.2 Å². The van der Waals surface area contributed by atoms with E-state index in [9.17, 15) is 0 Å². The molecule has 2 aromatic rings. The van der Waals surface area contributed by atoms with E-state index in [1.54, 1.807) is 0 Å². The summed E-state index contributed by atoms with van der Waals surface area (Å²) in [6.07, 6.45) is 0. The molecule has 4 heteroatoms. The molecule has 2 nitrogen and oxygen atoms in total. The van der Waals surface area contributed by atoms with Crippen molar-refractivity contribution in [1.29, 1.82) is 0 Å². The highest BCUT2D eigenvalue weighted by atomic mass is 35.5. The predicted octanol–water partition coefficient (Wildman–Crippen LogP) is 4.44. The largest absolute Gasteiger partial charge is 0.366 e. The van der Waals surface area contributed by atoms with E-state index in [2.05, 4.69) is 36.1 Å². The standard InChI is InChI=1S/C16H18Cl2N2/c1-11-6-8-12(9-7-11)20(2)15(10-19)16-13(17)4-3-5-14(16)18/h3-9,15H,10,19H2,1-2H3. The number of benzene rings is 2. The normalized spacial score (nSPS) is 12.2. The Labute approximate surface area is 130 Å². The van der Waals surface area contributed by atoms with Gasteiger partial charge in [-0.2, -0.15) is 0 Å². The van der Waals surface area contributed by atoms with Gasteiger partial charge in [0.1, 0.15) is 0 Å². The summed E-state index contributed by atoms with van der Waals surface area (Å²) in [7, 11) is 2.00. The van der Waals surface area contributed by atoms with Gasteiger partial charge < -0.3 is 10.6 Å². The summed E-state index contributed by atoms with van der Waals surface area (Å²) < 4.78 is 0. The van der Waals surface area contributed by atoms with Gasteiger partial charge in [-0.15, -0.1) is 0 Å². The van der Waals surface area contributed by atoms with Gasteiger partial charge >= 0.3 is 0 Å². The summed E-state index contributed by atoms with van der Waals surface area (Å²) in [5.41, 5.74) is 9.14. The number of rotatable bonds is 4. The van der Waals surface area contributed by atoms with Crippen molar-refractivity contribution >= 4 is 28.9 Å². The van der Waals surface area contributed by atoms with Crippen LogP contribution in [0, 0.1) is 6.92 Å². The van der Waals surface area contributed by atoms with Crippen LogP contribution in [-0.2, 0) is 0 Å². The topological polar surface area (TPSA) is 29.3 Å². The Bertz CT molecular complexity index is 561. The van der Waals surface area contributed by atoms with Gasteiger partial charge in [0.15, 0.2) is 0 Å². The molecule has 0 aliphatic heterocycles. The molecule has 0 aliphatic carbocycles. The second-order valence-corrected chi connectivity index (χ2v) is 5.65. The molecule has 0 fully saturated rings. The molecule has 20 heavy (non-hydrogen) atoms. The van der Waals surface area contributed by atoms with Crippen molar-refractivity contribution in [3.05, 3.63) is 63.6 Å². The van der Waals surface area contributed by atoms with Crippen molar-refractivity contribution in [1.82, 2.24) is 0 Å². The van der Waals surface area contributed by atoms with Crippen molar-refractivity contribution < 1.29 is 0 Å². The number of hydrogen-bond donors (Lipinski definition) is 1. The molecule has 106 valence electrons. The molecule has 0 amide bonds. The van der Waals surface area contributed by atoms with Crippen LogP contribution in [0.3, 0.4) is 0 Å². The smallest absolute Gasteiger partial charge is 0.0690 e. The minimum absolute atomic E-state index is 0.0566. The molecule has 2 rings (SSSR count). The summed E-state index contributed by atoms with van der Waals surface area (Å²) in [5, 5.41) is 1.29. The first kappa shape index (κ1) is 15.2. The van der Waals surface area contributed by atoms with E-state index in [1.807, 2.05) is 25.2 Å². The maximum absolute atomic E-state index is 6.29. The zero-order valence-electron chi connectivity index (χ0n) is 11.6. The first-order valence-corrected chi connectivity index (χ1v) is 7.23. The molecule has 2 N–H and O–H groups in total. The third-order valence-electron chi connectivity index (χ3n) is 3.46. The van der Waals surface area contributed by atoms with Gasteiger partial charge in [0.2, 0.25) is 0 Å². The van der Waals surface area contributed by atoms with Crippen LogP contribution in [0.5, 0.6) is 0 Å². The highest BCUT2D eigenvalue weighted by Gasteiger charge is 2.21. The Kier molecular flexibility index (Phi) is 4.92. The van der Waals surface area contributed by atoms with E-state index >= 15 is 0 Å². The van der Waals surface area contributed by atoms with Crippen molar-refractivity contribution in [3.8, 4) is 0 Å². The lowest BCUT2D eigenvalue weighted by Crippen LogP contribution is -2.30. The number of halogens is 2. The van der Waals surface area contributed by atoms with Crippen LogP contribution < -0.4 is 10.6 Å². The molecule has 1 unspecified atom stereocenters. The van der Waals surface area contributed by atoms with E-state index in [-0.39, 0.29) is 6.04 Å². The molecule has 1 atom stereocenters. The molecule has 0 saturated carbocycles. The monoisotopic (exact) mass is 308 g/mol. The molecule has 2 aromatic carbocycles. The average Bonchev–Trinajstić information content (AvgIpc) is 2.43. The van der Waals surface area contributed by atoms with Gasteiger partial charge in [0.05, 0.1) is 6.04 Å². The fourth-order valence-corrected chi connectivity index (χ4v) is 2.91. The van der Waals surface area contributed by atoms with Crippen LogP contribution in [0.2, 0.25) is 10.0 Å². The lowest BCUT2D eigenvalue weighted by atomic mass is 10.0. The van der Waals surface area contributed by atoms with Crippen LogP contribution in [-0.4, -0.2) is 13.6 Å². The van der Waals surface area contributed by atoms with Crippen LogP contribution in [0.15, 0.2) is 42.5 Å². The van der Waals surface area contributed by atoms with Crippen molar-refractivity contribution in [3.63, 3.8) is 0 Å². The Morgan fingerprint density at radius 3 is 2.10 bits per heavy atom. The second kappa shape index (κ2) is 6.49. The van der Waals surface area contributed by atoms with Gasteiger partial charge in [-0.05, 0) is 31.2 Å². The number of nitrogens with zero attached hydrogens (tertiary/aromatic N) is 1. The summed E-state index contributed by atoms with van der Waals surface area (Å²) in [4.78, 5) is 2.10. The second-order valence-electron chi connectivity index (χ2n) is 4.83. The minimum atomic E-state index is -0.0566. The first-order chi connectivity index (χ1) is 9.54. The number of nitrogens with two attached hydrogens (primary N) is 1. The van der Waals surface area contributed by atoms with E-state index in [4.69, 9.17) is 28.9 Å². The van der Waals surface area contributed by atoms with Crippen LogP contribution in [0.4, 0.5) is 5.69 Å². The van der Waals surface area contributed by atoms with E-state index < -0.39 is 0 Å². The molecule has 0 spiro atoms. The first-order valence-electron chi connectivity index (χ1n) is 6.48. The third-order valence-corrected chi connectivity index (χ3v) is 4.12. The summed E-state index contributed by atoms with van der Waals surface area (Å²) in [6.45, 7) is 2.50. The maximum Gasteiger partial charge on any atom is 0.0690 e. The van der Waals surface area contributed by atoms with Gasteiger partial charge in [-0.25, -0.2) is 0 Å². The Morgan fingerprint density at radius 1 is 1.05 bits per heavy atom. The van der Waals surface area contributed by atoms with Crippen molar-refractivity contribution in [2.75, 3.05) is 18.5 Å². The lowest BCUT2D eigenvalue weighted by Gasteiger charge is -2.30. The van der Waals surface area contributed by atoms with Crippen molar-refractivity contribution in [2.45, 2.75) is 13.0 Å². The number of aryl methyl sites for hydroxylation is 1. The summed E-state index contributed by atoms with van der Waals surface area (Å²) in [5.74, 6) is 0. The Morgan fingerprint density at radius 2 is 1.60 bits per heavy atom. The average molecular weight is 309 g/mol. The molecular weight excluding hydrogens is 291 g/mol. The Hall–Kier alpha value is -1.22. The zero-order chi connectivity index (χ0) is 14.7. The minimum Gasteiger partial charge on any atom is -0.366 e. The predicted molar refractivity (Wildman–Crippen MR) is 87.8 cm³/mol. The molecule has 0 aromatic heterocycles. The molecular formula is C16H18Cl2N2. The zero-order valence-corrected chi connectivity index (χ0v) is 13.1. The van der Waals surface area contributed by atoms with E-state index in [0.717, 1.165) is 11.3 Å². The van der Waals surface area contributed by atoms with Gasteiger partial charge in [0, 0.05) is 34.9 Å². The van der Waals surface area contributed by atoms with Crippen LogP contribution >= 0.6 is 23.2 Å². The summed E-state index contributed by atoms with van der Waals surface area (Å²) >= 11 is 12.6. The van der Waals surface area contributed by atoms with Gasteiger partial charge in [-0.3, -0.25) is 0 Å². The molecule has 0 bridgehead atoms. The molecule has 0 aliphatic rings. The maximum atomic E-state index is 6.29. The Balaban J connectivity index is 2.39. The summed E-state index contributed by atoms with van der Waals surface area (Å²) in [6, 6.07) is 13.8. The third kappa shape index (κ3) is 3.09. The lowest BCUT2D eigenvalue weighted by molar-refractivity contribution is 0.681. The van der Waals surface area contributed by atoms with E-state index in [0.29, 0.717) is 16.6 Å². The van der Waals surface area contributed by atoms with Crippen molar-refractivity contribution in [2.24, 2.45) is 5.73 Å². The molecule has 0 heterocycles. The SMILES string of the molecule is Cc1ccc(N(C)C(CN)c2c(Cl)cccc2Cl)cc1. The highest BCUT2D eigenvalue weighted by Crippen LogP contribution is 2.34. The highest BCUT2D eigenvalue weighted by molar-refractivity contribution is 6.36. The fourth-order valence-electron chi connectivity index (χ4n) is 2.26. The van der Waals surface area contributed by atoms with E-state index in [1.165, 1.54) is 5.56 Å². The number of likely N-dealkylation sites (N-methyl/N-ethyl adjacent to an activating group) is 1. The quantitative estimate of drug-likeness (QED) is 0.905.